The fraction of sp³-hybridized carbons (Fsp3) is 0.500. The van der Waals surface area contributed by atoms with Gasteiger partial charge in [0.25, 0.3) is 5.91 Å². The fourth-order valence-electron chi connectivity index (χ4n) is 2.25. The number of halogens is 4. The third-order valence-corrected chi connectivity index (χ3v) is 3.65. The van der Waals surface area contributed by atoms with Crippen molar-refractivity contribution >= 4 is 11.6 Å². The van der Waals surface area contributed by atoms with Crippen molar-refractivity contribution in [2.24, 2.45) is 5.92 Å². The first-order chi connectivity index (χ1) is 9.69. The molecule has 21 heavy (non-hydrogen) atoms. The van der Waals surface area contributed by atoms with Crippen LogP contribution in [0, 0.1) is 11.7 Å². The number of hydrogen-bond acceptors (Lipinski definition) is 2. The third kappa shape index (κ3) is 3.86. The molecule has 0 saturated heterocycles. The van der Waals surface area contributed by atoms with E-state index in [0.717, 1.165) is 23.8 Å². The van der Waals surface area contributed by atoms with Crippen molar-refractivity contribution in [1.29, 1.82) is 0 Å². The Kier molecular flexibility index (Phi) is 4.11. The number of rotatable bonds is 4. The molecular formula is C14H16F4N2O. The number of anilines is 1. The van der Waals surface area contributed by atoms with Crippen LogP contribution in [-0.4, -0.2) is 29.6 Å². The zero-order chi connectivity index (χ0) is 15.8. The lowest BCUT2D eigenvalue weighted by Crippen LogP contribution is -2.45. The molecule has 0 radical (unpaired) electrons. The number of benzene rings is 1. The zero-order valence-corrected chi connectivity index (χ0v) is 11.5. The smallest absolute Gasteiger partial charge is 0.396 e. The molecule has 2 rings (SSSR count). The fourth-order valence-corrected chi connectivity index (χ4v) is 2.25. The van der Waals surface area contributed by atoms with Crippen LogP contribution in [0.3, 0.4) is 0 Å². The van der Waals surface area contributed by atoms with E-state index in [1.165, 1.54) is 12.1 Å². The number of nitrogens with zero attached hydrogens (tertiary/aromatic N) is 1. The number of carbonyl (C=O) groups excluding carboxylic acids is 1. The normalized spacial score (nSPS) is 16.6. The monoisotopic (exact) mass is 304 g/mol. The van der Waals surface area contributed by atoms with Gasteiger partial charge in [0.15, 0.2) is 0 Å². The lowest BCUT2D eigenvalue weighted by atomic mass is 10.1. The SMILES string of the molecule is CC(C1CC1)N(CC(F)(F)F)C(=O)c1ccc(N)c(F)c1. The maximum absolute atomic E-state index is 13.4. The Morgan fingerprint density at radius 1 is 1.43 bits per heavy atom. The molecular weight excluding hydrogens is 288 g/mol. The van der Waals surface area contributed by atoms with Gasteiger partial charge in [-0.15, -0.1) is 0 Å². The summed E-state index contributed by atoms with van der Waals surface area (Å²) < 4.78 is 51.4. The summed E-state index contributed by atoms with van der Waals surface area (Å²) in [4.78, 5) is 13.0. The quantitative estimate of drug-likeness (QED) is 0.686. The molecule has 116 valence electrons. The van der Waals surface area contributed by atoms with Gasteiger partial charge in [-0.1, -0.05) is 0 Å². The van der Waals surface area contributed by atoms with Crippen molar-refractivity contribution in [3.8, 4) is 0 Å². The summed E-state index contributed by atoms with van der Waals surface area (Å²) in [5.74, 6) is -1.56. The molecule has 2 N–H and O–H groups in total. The standard InChI is InChI=1S/C14H16F4N2O/c1-8(9-2-3-9)20(7-14(16,17)18)13(21)10-4-5-12(19)11(15)6-10/h4-6,8-9H,2-3,7,19H2,1H3. The lowest BCUT2D eigenvalue weighted by molar-refractivity contribution is -0.144. The maximum atomic E-state index is 13.4. The van der Waals surface area contributed by atoms with Crippen LogP contribution >= 0.6 is 0 Å². The van der Waals surface area contributed by atoms with Gasteiger partial charge < -0.3 is 10.6 Å². The Labute approximate surface area is 119 Å². The second kappa shape index (κ2) is 5.54. The minimum absolute atomic E-state index is 0.0786. The minimum atomic E-state index is -4.49. The molecule has 1 aliphatic rings. The van der Waals surface area contributed by atoms with Crippen LogP contribution in [0.4, 0.5) is 23.2 Å². The molecule has 0 aromatic heterocycles. The minimum Gasteiger partial charge on any atom is -0.396 e. The highest BCUT2D eigenvalue weighted by Crippen LogP contribution is 2.36. The van der Waals surface area contributed by atoms with Gasteiger partial charge in [-0.05, 0) is 43.9 Å². The summed E-state index contributed by atoms with van der Waals surface area (Å²) in [7, 11) is 0. The molecule has 0 aliphatic heterocycles. The zero-order valence-electron chi connectivity index (χ0n) is 11.5. The van der Waals surface area contributed by atoms with Crippen molar-refractivity contribution in [3.63, 3.8) is 0 Å². The van der Waals surface area contributed by atoms with Crippen molar-refractivity contribution < 1.29 is 22.4 Å². The molecule has 0 bridgehead atoms. The number of alkyl halides is 3. The van der Waals surface area contributed by atoms with Gasteiger partial charge in [0.2, 0.25) is 0 Å². The number of carbonyl (C=O) groups is 1. The van der Waals surface area contributed by atoms with E-state index in [1.807, 2.05) is 0 Å². The Bertz CT molecular complexity index is 540. The van der Waals surface area contributed by atoms with Gasteiger partial charge in [0.05, 0.1) is 5.69 Å². The molecule has 1 amide bonds. The molecule has 0 heterocycles. The largest absolute Gasteiger partial charge is 0.406 e. The first-order valence-electron chi connectivity index (χ1n) is 6.62. The molecule has 1 fully saturated rings. The van der Waals surface area contributed by atoms with E-state index in [9.17, 15) is 22.4 Å². The molecule has 1 unspecified atom stereocenters. The summed E-state index contributed by atoms with van der Waals surface area (Å²) >= 11 is 0. The van der Waals surface area contributed by atoms with E-state index in [-0.39, 0.29) is 17.2 Å². The Morgan fingerprint density at radius 3 is 2.52 bits per heavy atom. The molecule has 1 aromatic rings. The Hall–Kier alpha value is -1.79. The summed E-state index contributed by atoms with van der Waals surface area (Å²) in [6.07, 6.45) is -2.89. The first-order valence-corrected chi connectivity index (χ1v) is 6.62. The van der Waals surface area contributed by atoms with Gasteiger partial charge in [0, 0.05) is 11.6 Å². The van der Waals surface area contributed by atoms with E-state index in [0.29, 0.717) is 0 Å². The summed E-state index contributed by atoms with van der Waals surface area (Å²) in [5.41, 5.74) is 5.03. The van der Waals surface area contributed by atoms with Gasteiger partial charge in [0.1, 0.15) is 12.4 Å². The average molecular weight is 304 g/mol. The van der Waals surface area contributed by atoms with Crippen LogP contribution in [0.25, 0.3) is 0 Å². The highest BCUT2D eigenvalue weighted by atomic mass is 19.4. The van der Waals surface area contributed by atoms with E-state index in [2.05, 4.69) is 0 Å². The summed E-state index contributed by atoms with van der Waals surface area (Å²) in [6, 6.07) is 2.76. The van der Waals surface area contributed by atoms with Crippen molar-refractivity contribution in [3.05, 3.63) is 29.6 Å². The van der Waals surface area contributed by atoms with Gasteiger partial charge >= 0.3 is 6.18 Å². The van der Waals surface area contributed by atoms with E-state index in [1.54, 1.807) is 6.92 Å². The predicted molar refractivity (Wildman–Crippen MR) is 70.1 cm³/mol. The molecule has 0 spiro atoms. The Balaban J connectivity index is 2.25. The lowest BCUT2D eigenvalue weighted by Gasteiger charge is -2.30. The molecule has 1 aromatic carbocycles. The highest BCUT2D eigenvalue weighted by molar-refractivity contribution is 5.94. The number of nitrogen functional groups attached to an aromatic ring is 1. The van der Waals surface area contributed by atoms with Gasteiger partial charge in [-0.2, -0.15) is 13.2 Å². The molecule has 3 nitrogen and oxygen atoms in total. The maximum Gasteiger partial charge on any atom is 0.406 e. The second-order valence-corrected chi connectivity index (χ2v) is 5.36. The summed E-state index contributed by atoms with van der Waals surface area (Å²) in [5, 5.41) is 0. The van der Waals surface area contributed by atoms with E-state index < -0.39 is 30.5 Å². The molecule has 1 saturated carbocycles. The van der Waals surface area contributed by atoms with E-state index in [4.69, 9.17) is 5.73 Å². The molecule has 7 heteroatoms. The molecule has 1 aliphatic carbocycles. The first kappa shape index (κ1) is 15.6. The van der Waals surface area contributed by atoms with Crippen LogP contribution < -0.4 is 5.73 Å². The third-order valence-electron chi connectivity index (χ3n) is 3.65. The van der Waals surface area contributed by atoms with Crippen LogP contribution in [0.1, 0.15) is 30.1 Å². The van der Waals surface area contributed by atoms with E-state index >= 15 is 0 Å². The molecule has 1 atom stereocenters. The highest BCUT2D eigenvalue weighted by Gasteiger charge is 2.40. The van der Waals surface area contributed by atoms with Crippen LogP contribution in [0.15, 0.2) is 18.2 Å². The van der Waals surface area contributed by atoms with Crippen molar-refractivity contribution in [2.45, 2.75) is 32.0 Å². The van der Waals surface area contributed by atoms with Gasteiger partial charge in [-0.25, -0.2) is 4.39 Å². The average Bonchev–Trinajstić information content (AvgIpc) is 3.21. The Morgan fingerprint density at radius 2 is 2.05 bits per heavy atom. The van der Waals surface area contributed by atoms with Crippen LogP contribution in [0.2, 0.25) is 0 Å². The van der Waals surface area contributed by atoms with Crippen LogP contribution in [0.5, 0.6) is 0 Å². The van der Waals surface area contributed by atoms with Gasteiger partial charge in [-0.3, -0.25) is 4.79 Å². The second-order valence-electron chi connectivity index (χ2n) is 5.36. The number of nitrogens with two attached hydrogens (primary N) is 1. The van der Waals surface area contributed by atoms with Crippen molar-refractivity contribution in [1.82, 2.24) is 4.90 Å². The summed E-state index contributed by atoms with van der Waals surface area (Å²) in [6.45, 7) is 0.254. The van der Waals surface area contributed by atoms with Crippen molar-refractivity contribution in [2.75, 3.05) is 12.3 Å². The number of amides is 1. The predicted octanol–water partition coefficient (Wildman–Crippen LogP) is 3.21. The number of hydrogen-bond donors (Lipinski definition) is 1. The topological polar surface area (TPSA) is 46.3 Å². The van der Waals surface area contributed by atoms with Crippen LogP contribution in [-0.2, 0) is 0 Å².